The molecule has 0 spiro atoms. The van der Waals surface area contributed by atoms with Crippen LogP contribution in [0.15, 0.2) is 41.7 Å². The summed E-state index contributed by atoms with van der Waals surface area (Å²) in [6.07, 6.45) is 5.98. The molecule has 0 radical (unpaired) electrons. The van der Waals surface area contributed by atoms with Crippen LogP contribution in [-0.4, -0.2) is 65.1 Å². The Hall–Kier alpha value is -3.28. The van der Waals surface area contributed by atoms with Gasteiger partial charge in [0.15, 0.2) is 0 Å². The van der Waals surface area contributed by atoms with Crippen molar-refractivity contribution in [1.29, 1.82) is 0 Å². The Morgan fingerprint density at radius 3 is 2.77 bits per heavy atom. The van der Waals surface area contributed by atoms with Crippen molar-refractivity contribution in [3.63, 3.8) is 0 Å². The molecule has 6 rings (SSSR count). The Bertz CT molecular complexity index is 1530. The SMILES string of the molecule is CC1(C)CCc2ncnc(N3CCOc4ccc(-c5cnc(N)c(S(=O)(=O)N6CC[C@@H](O)C6)c5)cc4C3)c2C1. The van der Waals surface area contributed by atoms with Crippen molar-refractivity contribution in [2.45, 2.75) is 57.1 Å². The number of nitrogens with two attached hydrogens (primary N) is 1. The largest absolute Gasteiger partial charge is 0.491 e. The summed E-state index contributed by atoms with van der Waals surface area (Å²) in [5, 5.41) is 9.87. The fourth-order valence-electron chi connectivity index (χ4n) is 5.77. The minimum Gasteiger partial charge on any atom is -0.491 e. The third-order valence-electron chi connectivity index (χ3n) is 8.00. The molecule has 3 N–H and O–H groups in total. The van der Waals surface area contributed by atoms with E-state index >= 15 is 0 Å². The van der Waals surface area contributed by atoms with E-state index in [0.29, 0.717) is 31.7 Å². The smallest absolute Gasteiger partial charge is 0.246 e. The first kappa shape index (κ1) is 26.0. The monoisotopic (exact) mass is 550 g/mol. The molecular weight excluding hydrogens is 516 g/mol. The molecular formula is C28H34N6O4S. The van der Waals surface area contributed by atoms with E-state index in [2.05, 4.69) is 28.7 Å². The zero-order valence-corrected chi connectivity index (χ0v) is 23.1. The highest BCUT2D eigenvalue weighted by Gasteiger charge is 2.34. The second-order valence-corrected chi connectivity index (χ2v) is 13.4. The van der Waals surface area contributed by atoms with Crippen LogP contribution in [0.2, 0.25) is 0 Å². The average molecular weight is 551 g/mol. The zero-order chi connectivity index (χ0) is 27.4. The molecule has 3 aliphatic rings. The topological polar surface area (TPSA) is 135 Å². The van der Waals surface area contributed by atoms with Gasteiger partial charge in [-0.05, 0) is 54.9 Å². The number of aliphatic hydroxyl groups excluding tert-OH is 1. The average Bonchev–Trinajstić information content (AvgIpc) is 3.24. The first-order valence-corrected chi connectivity index (χ1v) is 14.8. The molecule has 1 aliphatic carbocycles. The highest BCUT2D eigenvalue weighted by atomic mass is 32.2. The van der Waals surface area contributed by atoms with E-state index in [-0.39, 0.29) is 29.2 Å². The molecule has 3 aromatic rings. The molecule has 206 valence electrons. The van der Waals surface area contributed by atoms with Crippen LogP contribution < -0.4 is 15.4 Å². The van der Waals surface area contributed by atoms with Crippen molar-refractivity contribution in [3.05, 3.63) is 53.6 Å². The van der Waals surface area contributed by atoms with Crippen molar-refractivity contribution in [1.82, 2.24) is 19.3 Å². The number of aliphatic hydroxyl groups is 1. The third kappa shape index (κ3) is 4.94. The number of aryl methyl sites for hydroxylation is 1. The van der Waals surface area contributed by atoms with Crippen molar-refractivity contribution in [2.24, 2.45) is 5.41 Å². The van der Waals surface area contributed by atoms with Crippen LogP contribution >= 0.6 is 0 Å². The van der Waals surface area contributed by atoms with E-state index in [1.807, 2.05) is 18.2 Å². The molecule has 2 aliphatic heterocycles. The molecule has 0 unspecified atom stereocenters. The molecule has 2 aromatic heterocycles. The van der Waals surface area contributed by atoms with Gasteiger partial charge < -0.3 is 20.5 Å². The van der Waals surface area contributed by atoms with E-state index in [0.717, 1.165) is 47.7 Å². The Morgan fingerprint density at radius 1 is 1.13 bits per heavy atom. The van der Waals surface area contributed by atoms with Crippen molar-refractivity contribution < 1.29 is 18.3 Å². The van der Waals surface area contributed by atoms with E-state index in [4.69, 9.17) is 15.5 Å². The molecule has 11 heteroatoms. The number of ether oxygens (including phenoxy) is 1. The van der Waals surface area contributed by atoms with Gasteiger partial charge in [-0.3, -0.25) is 0 Å². The van der Waals surface area contributed by atoms with Crippen LogP contribution in [0.4, 0.5) is 11.6 Å². The van der Waals surface area contributed by atoms with Crippen LogP contribution in [0.3, 0.4) is 0 Å². The van der Waals surface area contributed by atoms with Gasteiger partial charge in [0.2, 0.25) is 10.0 Å². The fraction of sp³-hybridized carbons (Fsp3) is 0.464. The summed E-state index contributed by atoms with van der Waals surface area (Å²) in [6.45, 7) is 6.72. The molecule has 10 nitrogen and oxygen atoms in total. The van der Waals surface area contributed by atoms with Crippen LogP contribution in [0.25, 0.3) is 11.1 Å². The number of sulfonamides is 1. The first-order valence-electron chi connectivity index (χ1n) is 13.4. The maximum atomic E-state index is 13.3. The van der Waals surface area contributed by atoms with E-state index < -0.39 is 16.1 Å². The second kappa shape index (κ2) is 9.72. The van der Waals surface area contributed by atoms with Gasteiger partial charge in [0.1, 0.15) is 35.2 Å². The summed E-state index contributed by atoms with van der Waals surface area (Å²) in [7, 11) is -3.88. The predicted octanol–water partition coefficient (Wildman–Crippen LogP) is 2.79. The number of rotatable bonds is 4. The number of nitrogen functional groups attached to an aromatic ring is 1. The minimum atomic E-state index is -3.88. The van der Waals surface area contributed by atoms with Crippen molar-refractivity contribution in [3.8, 4) is 16.9 Å². The Balaban J connectivity index is 1.33. The van der Waals surface area contributed by atoms with Gasteiger partial charge in [-0.1, -0.05) is 19.9 Å². The number of hydrogen-bond acceptors (Lipinski definition) is 9. The summed E-state index contributed by atoms with van der Waals surface area (Å²) in [5.41, 5.74) is 11.0. The van der Waals surface area contributed by atoms with Crippen LogP contribution in [-0.2, 0) is 29.4 Å². The van der Waals surface area contributed by atoms with E-state index in [1.165, 1.54) is 9.87 Å². The van der Waals surface area contributed by atoms with Gasteiger partial charge in [-0.25, -0.2) is 23.4 Å². The van der Waals surface area contributed by atoms with Gasteiger partial charge in [0, 0.05) is 48.2 Å². The summed E-state index contributed by atoms with van der Waals surface area (Å²) < 4.78 is 33.9. The maximum Gasteiger partial charge on any atom is 0.246 e. The number of nitrogens with zero attached hydrogens (tertiary/aromatic N) is 5. The lowest BCUT2D eigenvalue weighted by Gasteiger charge is -2.33. The molecule has 4 heterocycles. The van der Waals surface area contributed by atoms with Gasteiger partial charge >= 0.3 is 0 Å². The van der Waals surface area contributed by atoms with E-state index in [1.54, 1.807) is 18.6 Å². The van der Waals surface area contributed by atoms with Crippen LogP contribution in [0.1, 0.15) is 43.5 Å². The first-order chi connectivity index (χ1) is 18.6. The Labute approximate surface area is 228 Å². The predicted molar refractivity (Wildman–Crippen MR) is 148 cm³/mol. The lowest BCUT2D eigenvalue weighted by Crippen LogP contribution is -2.31. The normalized spacial score (nSPS) is 21.1. The maximum absolute atomic E-state index is 13.3. The van der Waals surface area contributed by atoms with E-state index in [9.17, 15) is 13.5 Å². The quantitative estimate of drug-likeness (QED) is 0.503. The molecule has 1 fully saturated rings. The number of aromatic nitrogens is 3. The van der Waals surface area contributed by atoms with Crippen LogP contribution in [0, 0.1) is 5.41 Å². The van der Waals surface area contributed by atoms with Gasteiger partial charge in [0.25, 0.3) is 0 Å². The highest BCUT2D eigenvalue weighted by Crippen LogP contribution is 2.39. The Kier molecular flexibility index (Phi) is 6.47. The number of pyridine rings is 1. The third-order valence-corrected chi connectivity index (χ3v) is 9.90. The molecule has 39 heavy (non-hydrogen) atoms. The molecule has 0 saturated carbocycles. The summed E-state index contributed by atoms with van der Waals surface area (Å²) >= 11 is 0. The molecule has 1 atom stereocenters. The van der Waals surface area contributed by atoms with Gasteiger partial charge in [-0.2, -0.15) is 4.31 Å². The van der Waals surface area contributed by atoms with Gasteiger partial charge in [-0.15, -0.1) is 0 Å². The number of β-amino-alcohol motifs (C(OH)–C–C–N with tert-alkyl or cyclic N) is 1. The van der Waals surface area contributed by atoms with Crippen molar-refractivity contribution in [2.75, 3.05) is 36.9 Å². The minimum absolute atomic E-state index is 0.0443. The zero-order valence-electron chi connectivity index (χ0n) is 22.3. The molecule has 0 amide bonds. The van der Waals surface area contributed by atoms with Gasteiger partial charge in [0.05, 0.1) is 12.6 Å². The Morgan fingerprint density at radius 2 is 1.97 bits per heavy atom. The highest BCUT2D eigenvalue weighted by molar-refractivity contribution is 7.89. The molecule has 1 saturated heterocycles. The second-order valence-electron chi connectivity index (χ2n) is 11.5. The summed E-state index contributed by atoms with van der Waals surface area (Å²) in [5.74, 6) is 1.71. The number of benzene rings is 1. The lowest BCUT2D eigenvalue weighted by molar-refractivity contribution is 0.189. The number of hydrogen-bond donors (Lipinski definition) is 2. The summed E-state index contributed by atoms with van der Waals surface area (Å²) in [6, 6.07) is 7.43. The van der Waals surface area contributed by atoms with Crippen molar-refractivity contribution >= 4 is 21.7 Å². The number of fused-ring (bicyclic) bond motifs is 2. The lowest BCUT2D eigenvalue weighted by atomic mass is 9.76. The fourth-order valence-corrected chi connectivity index (χ4v) is 7.36. The molecule has 1 aromatic carbocycles. The standard InChI is InChI=1S/C28H34N6O4S/c1-28(2)7-5-23-22(13-28)27(32-17-31-23)33-9-10-38-24-4-3-18(11-20(24)15-33)19-12-25(26(29)30-14-19)39(36,37)34-8-6-21(35)16-34/h3-4,11-12,14,17,21,35H,5-10,13,15-16H2,1-2H3,(H2,29,30)/t21-/m1/s1. The number of anilines is 2. The summed E-state index contributed by atoms with van der Waals surface area (Å²) in [4.78, 5) is 15.7. The molecule has 0 bridgehead atoms. The van der Waals surface area contributed by atoms with Crippen LogP contribution in [0.5, 0.6) is 5.75 Å².